The summed E-state index contributed by atoms with van der Waals surface area (Å²) >= 11 is 3.17. The van der Waals surface area contributed by atoms with E-state index in [0.29, 0.717) is 29.7 Å². The van der Waals surface area contributed by atoms with Gasteiger partial charge in [0.2, 0.25) is 0 Å². The smallest absolute Gasteiger partial charge is 0.252 e. The molecule has 0 saturated heterocycles. The first-order valence-corrected chi connectivity index (χ1v) is 12.3. The highest BCUT2D eigenvalue weighted by Gasteiger charge is 2.14. The van der Waals surface area contributed by atoms with Gasteiger partial charge in [-0.3, -0.25) is 4.79 Å². The summed E-state index contributed by atoms with van der Waals surface area (Å²) in [5.41, 5.74) is 1.48. The van der Waals surface area contributed by atoms with Crippen LogP contribution in [0.5, 0.6) is 0 Å². The molecule has 160 valence electrons. The second-order valence-electron chi connectivity index (χ2n) is 7.12. The number of anilines is 1. The molecule has 0 bridgehead atoms. The van der Waals surface area contributed by atoms with E-state index in [0.717, 1.165) is 34.0 Å². The van der Waals surface area contributed by atoms with Crippen LogP contribution in [0, 0.1) is 5.92 Å². The molecule has 2 aromatic heterocycles. The summed E-state index contributed by atoms with van der Waals surface area (Å²) < 4.78 is 1.82. The Hall–Kier alpha value is -2.26. The number of carbonyl (C=O) groups is 1. The second kappa shape index (κ2) is 10.7. The Labute approximate surface area is 185 Å². The highest BCUT2D eigenvalue weighted by molar-refractivity contribution is 7.99. The Morgan fingerprint density at radius 2 is 2.03 bits per heavy atom. The number of nitrogens with one attached hydrogen (secondary N) is 2. The van der Waals surface area contributed by atoms with Crippen LogP contribution in [0.15, 0.2) is 40.5 Å². The highest BCUT2D eigenvalue weighted by atomic mass is 32.2. The Morgan fingerprint density at radius 1 is 1.23 bits per heavy atom. The number of benzene rings is 1. The number of nitrogens with zero attached hydrogens (tertiary/aromatic N) is 4. The van der Waals surface area contributed by atoms with Gasteiger partial charge in [0.25, 0.3) is 5.91 Å². The van der Waals surface area contributed by atoms with Crippen molar-refractivity contribution in [3.05, 3.63) is 36.0 Å². The number of rotatable bonds is 10. The van der Waals surface area contributed by atoms with Crippen LogP contribution >= 0.6 is 23.5 Å². The van der Waals surface area contributed by atoms with E-state index in [9.17, 15) is 4.79 Å². The van der Waals surface area contributed by atoms with E-state index in [1.165, 1.54) is 11.8 Å². The van der Waals surface area contributed by atoms with Crippen molar-refractivity contribution in [1.29, 1.82) is 0 Å². The average Bonchev–Trinajstić information content (AvgIpc) is 3.15. The van der Waals surface area contributed by atoms with Gasteiger partial charge in [0.05, 0.1) is 23.7 Å². The Morgan fingerprint density at radius 3 is 2.77 bits per heavy atom. The molecule has 1 amide bonds. The normalized spacial score (nSPS) is 11.2. The van der Waals surface area contributed by atoms with E-state index >= 15 is 0 Å². The molecule has 7 nitrogen and oxygen atoms in total. The summed E-state index contributed by atoms with van der Waals surface area (Å²) in [6.45, 7) is 8.22. The minimum atomic E-state index is -0.0678. The summed E-state index contributed by atoms with van der Waals surface area (Å²) in [5.74, 6) is 2.17. The van der Waals surface area contributed by atoms with Crippen LogP contribution in [-0.2, 0) is 6.54 Å². The number of hydrogen-bond acceptors (Lipinski definition) is 7. The summed E-state index contributed by atoms with van der Waals surface area (Å²) in [4.78, 5) is 22.9. The van der Waals surface area contributed by atoms with Crippen LogP contribution in [0.2, 0.25) is 0 Å². The Bertz CT molecular complexity index is 1000. The third-order valence-corrected chi connectivity index (χ3v) is 5.88. The zero-order valence-corrected chi connectivity index (χ0v) is 19.4. The molecule has 0 unspecified atom stereocenters. The molecule has 2 N–H and O–H groups in total. The maximum absolute atomic E-state index is 12.6. The molecule has 0 radical (unpaired) electrons. The standard InChI is InChI=1S/C21H28N6OS2/c1-5-30-17-9-7-6-8-15(17)20(28)22-10-11-27-19-16(13-24-27)18(23-12-14(2)3)25-21(26-19)29-4/h6-9,13-14H,5,10-12H2,1-4H3,(H,22,28)(H,23,25,26). The van der Waals surface area contributed by atoms with Crippen LogP contribution in [0.4, 0.5) is 5.82 Å². The van der Waals surface area contributed by atoms with Crippen LogP contribution in [0.1, 0.15) is 31.1 Å². The molecule has 9 heteroatoms. The van der Waals surface area contributed by atoms with E-state index in [4.69, 9.17) is 0 Å². The predicted octanol–water partition coefficient (Wildman–Crippen LogP) is 4.16. The molecular weight excluding hydrogens is 416 g/mol. The summed E-state index contributed by atoms with van der Waals surface area (Å²) in [6.07, 6.45) is 3.75. The lowest BCUT2D eigenvalue weighted by Crippen LogP contribution is -2.28. The number of carbonyl (C=O) groups excluding carboxylic acids is 1. The van der Waals surface area contributed by atoms with Gasteiger partial charge >= 0.3 is 0 Å². The zero-order chi connectivity index (χ0) is 21.5. The first kappa shape index (κ1) is 22.4. The van der Waals surface area contributed by atoms with Crippen LogP contribution in [-0.4, -0.2) is 50.8 Å². The number of amides is 1. The van der Waals surface area contributed by atoms with Crippen molar-refractivity contribution in [2.24, 2.45) is 5.92 Å². The highest BCUT2D eigenvalue weighted by Crippen LogP contribution is 2.24. The largest absolute Gasteiger partial charge is 0.369 e. The van der Waals surface area contributed by atoms with Gasteiger partial charge in [-0.25, -0.2) is 14.6 Å². The fourth-order valence-corrected chi connectivity index (χ4v) is 4.09. The minimum absolute atomic E-state index is 0.0678. The minimum Gasteiger partial charge on any atom is -0.369 e. The molecule has 0 aliphatic heterocycles. The van der Waals surface area contributed by atoms with E-state index in [1.807, 2.05) is 35.2 Å². The van der Waals surface area contributed by atoms with E-state index < -0.39 is 0 Å². The Balaban J connectivity index is 1.72. The lowest BCUT2D eigenvalue weighted by atomic mass is 10.2. The predicted molar refractivity (Wildman–Crippen MR) is 126 cm³/mol. The number of fused-ring (bicyclic) bond motifs is 1. The third kappa shape index (κ3) is 5.46. The maximum Gasteiger partial charge on any atom is 0.252 e. The van der Waals surface area contributed by atoms with Crippen molar-refractivity contribution in [2.45, 2.75) is 37.4 Å². The zero-order valence-electron chi connectivity index (χ0n) is 17.8. The molecular formula is C21H28N6OS2. The van der Waals surface area contributed by atoms with Crippen LogP contribution in [0.3, 0.4) is 0 Å². The quantitative estimate of drug-likeness (QED) is 0.359. The van der Waals surface area contributed by atoms with Crippen LogP contribution < -0.4 is 10.6 Å². The van der Waals surface area contributed by atoms with Gasteiger partial charge in [0.15, 0.2) is 10.8 Å². The van der Waals surface area contributed by atoms with Gasteiger partial charge in [-0.1, -0.05) is 44.7 Å². The summed E-state index contributed by atoms with van der Waals surface area (Å²) in [5, 5.41) is 12.5. The van der Waals surface area contributed by atoms with E-state index in [-0.39, 0.29) is 5.91 Å². The van der Waals surface area contributed by atoms with Crippen molar-refractivity contribution >= 4 is 46.3 Å². The molecule has 0 aliphatic rings. The van der Waals surface area contributed by atoms with Crippen molar-refractivity contribution in [1.82, 2.24) is 25.1 Å². The van der Waals surface area contributed by atoms with Gasteiger partial charge in [-0.05, 0) is 30.1 Å². The number of thioether (sulfide) groups is 2. The van der Waals surface area contributed by atoms with Gasteiger partial charge in [-0.2, -0.15) is 5.10 Å². The average molecular weight is 445 g/mol. The van der Waals surface area contributed by atoms with Gasteiger partial charge in [-0.15, -0.1) is 11.8 Å². The summed E-state index contributed by atoms with van der Waals surface area (Å²) in [6, 6.07) is 7.69. The topological polar surface area (TPSA) is 84.7 Å². The van der Waals surface area contributed by atoms with Crippen molar-refractivity contribution in [2.75, 3.05) is 30.4 Å². The molecule has 0 saturated carbocycles. The van der Waals surface area contributed by atoms with E-state index in [1.54, 1.807) is 18.0 Å². The molecule has 0 atom stereocenters. The van der Waals surface area contributed by atoms with E-state index in [2.05, 4.69) is 46.5 Å². The molecule has 0 fully saturated rings. The molecule has 1 aromatic carbocycles. The van der Waals surface area contributed by atoms with Gasteiger partial charge in [0.1, 0.15) is 5.82 Å². The summed E-state index contributed by atoms with van der Waals surface area (Å²) in [7, 11) is 0. The molecule has 0 spiro atoms. The van der Waals surface area contributed by atoms with Gasteiger partial charge < -0.3 is 10.6 Å². The van der Waals surface area contributed by atoms with Crippen molar-refractivity contribution in [3.63, 3.8) is 0 Å². The fraction of sp³-hybridized carbons (Fsp3) is 0.429. The molecule has 3 aromatic rings. The second-order valence-corrected chi connectivity index (χ2v) is 9.20. The monoisotopic (exact) mass is 444 g/mol. The maximum atomic E-state index is 12.6. The SMILES string of the molecule is CCSc1ccccc1C(=O)NCCn1ncc2c(NCC(C)C)nc(SC)nc21. The van der Waals surface area contributed by atoms with Gasteiger partial charge in [0, 0.05) is 18.0 Å². The lowest BCUT2D eigenvalue weighted by Gasteiger charge is -2.11. The van der Waals surface area contributed by atoms with Crippen molar-refractivity contribution in [3.8, 4) is 0 Å². The third-order valence-electron chi connectivity index (χ3n) is 4.38. The number of aromatic nitrogens is 4. The molecule has 2 heterocycles. The first-order valence-electron chi connectivity index (χ1n) is 10.0. The molecule has 3 rings (SSSR count). The lowest BCUT2D eigenvalue weighted by molar-refractivity contribution is 0.0949. The van der Waals surface area contributed by atoms with Crippen molar-refractivity contribution < 1.29 is 4.79 Å². The molecule has 0 aliphatic carbocycles. The first-order chi connectivity index (χ1) is 14.5. The Kier molecular flexibility index (Phi) is 7.98. The number of hydrogen-bond donors (Lipinski definition) is 2. The van der Waals surface area contributed by atoms with Crippen LogP contribution in [0.25, 0.3) is 11.0 Å². The fourth-order valence-electron chi connectivity index (χ4n) is 2.93. The molecule has 30 heavy (non-hydrogen) atoms.